The van der Waals surface area contributed by atoms with Crippen LogP contribution in [-0.4, -0.2) is 23.1 Å². The van der Waals surface area contributed by atoms with Crippen LogP contribution in [0.1, 0.15) is 31.8 Å². The van der Waals surface area contributed by atoms with Crippen LogP contribution in [0.5, 0.6) is 5.75 Å². The van der Waals surface area contributed by atoms with Crippen LogP contribution in [0, 0.1) is 5.82 Å². The fourth-order valence-corrected chi connectivity index (χ4v) is 5.61. The molecule has 2 amide bonds. The maximum atomic E-state index is 13.7. The first-order valence-corrected chi connectivity index (χ1v) is 12.7. The lowest BCUT2D eigenvalue weighted by atomic mass is 10.1. The molecule has 1 heterocycles. The van der Waals surface area contributed by atoms with Gasteiger partial charge < -0.3 is 15.0 Å². The van der Waals surface area contributed by atoms with E-state index in [1.165, 1.54) is 17.0 Å². The van der Waals surface area contributed by atoms with Crippen molar-refractivity contribution in [1.29, 1.82) is 0 Å². The third kappa shape index (κ3) is 4.88. The van der Waals surface area contributed by atoms with Crippen LogP contribution >= 0.6 is 0 Å². The van der Waals surface area contributed by atoms with E-state index in [-0.39, 0.29) is 30.7 Å². The van der Waals surface area contributed by atoms with E-state index >= 15 is 0 Å². The lowest BCUT2D eigenvalue weighted by Crippen LogP contribution is -2.31. The first-order valence-electron chi connectivity index (χ1n) is 11.6. The molecule has 0 aromatic heterocycles. The number of anilines is 1. The van der Waals surface area contributed by atoms with E-state index in [2.05, 4.69) is 5.32 Å². The summed E-state index contributed by atoms with van der Waals surface area (Å²) in [5.74, 6) is -0.421. The fourth-order valence-electron chi connectivity index (χ4n) is 4.26. The van der Waals surface area contributed by atoms with Crippen LogP contribution in [0.4, 0.5) is 10.1 Å². The molecule has 0 fully saturated rings. The molecule has 0 saturated heterocycles. The van der Waals surface area contributed by atoms with Crippen molar-refractivity contribution in [3.05, 3.63) is 119 Å². The van der Waals surface area contributed by atoms with Gasteiger partial charge in [-0.2, -0.15) is 0 Å². The zero-order valence-corrected chi connectivity index (χ0v) is 20.8. The van der Waals surface area contributed by atoms with Gasteiger partial charge >= 0.3 is 0 Å². The van der Waals surface area contributed by atoms with Crippen LogP contribution in [0.25, 0.3) is 0 Å². The average Bonchev–Trinajstić information content (AvgIpc) is 3.02. The van der Waals surface area contributed by atoms with Crippen molar-refractivity contribution in [3.8, 4) is 5.75 Å². The van der Waals surface area contributed by atoms with Crippen molar-refractivity contribution in [2.75, 3.05) is 12.0 Å². The number of para-hydroxylation sites is 1. The van der Waals surface area contributed by atoms with E-state index in [4.69, 9.17) is 4.74 Å². The van der Waals surface area contributed by atoms with Crippen molar-refractivity contribution in [2.45, 2.75) is 22.9 Å². The second-order valence-corrected chi connectivity index (χ2v) is 9.88. The maximum Gasteiger partial charge on any atom is 0.259 e. The van der Waals surface area contributed by atoms with E-state index < -0.39 is 10.8 Å². The van der Waals surface area contributed by atoms with Crippen LogP contribution in [-0.2, 0) is 23.9 Å². The van der Waals surface area contributed by atoms with Crippen LogP contribution in [0.2, 0.25) is 0 Å². The number of ether oxygens (including phenoxy) is 1. The molecule has 1 aliphatic heterocycles. The van der Waals surface area contributed by atoms with E-state index in [1.54, 1.807) is 61.7 Å². The van der Waals surface area contributed by atoms with Gasteiger partial charge in [0.1, 0.15) is 11.6 Å². The summed E-state index contributed by atoms with van der Waals surface area (Å²) in [5, 5.41) is 2.88. The predicted molar refractivity (Wildman–Crippen MR) is 139 cm³/mol. The van der Waals surface area contributed by atoms with Gasteiger partial charge in [-0.3, -0.25) is 9.59 Å². The number of nitrogens with one attached hydrogen (secondary N) is 1. The van der Waals surface area contributed by atoms with Crippen molar-refractivity contribution in [1.82, 2.24) is 5.32 Å². The highest BCUT2D eigenvalue weighted by Gasteiger charge is 2.31. The second kappa shape index (κ2) is 10.4. The largest absolute Gasteiger partial charge is 0.496 e. The van der Waals surface area contributed by atoms with Gasteiger partial charge in [0.2, 0.25) is 0 Å². The van der Waals surface area contributed by atoms with Gasteiger partial charge in [-0.05, 0) is 54.1 Å². The molecule has 0 bridgehead atoms. The molecule has 6 nitrogen and oxygen atoms in total. The molecule has 1 aliphatic rings. The van der Waals surface area contributed by atoms with Gasteiger partial charge in [-0.1, -0.05) is 42.5 Å². The van der Waals surface area contributed by atoms with Crippen molar-refractivity contribution in [2.24, 2.45) is 0 Å². The summed E-state index contributed by atoms with van der Waals surface area (Å²) in [6.07, 6.45) is 0. The number of hydrogen-bond acceptors (Lipinski definition) is 4. The van der Waals surface area contributed by atoms with Crippen LogP contribution in [0.15, 0.2) is 101 Å². The zero-order valence-electron chi connectivity index (χ0n) is 19.9. The van der Waals surface area contributed by atoms with Gasteiger partial charge in [-0.15, -0.1) is 0 Å². The maximum absolute atomic E-state index is 13.7. The Balaban J connectivity index is 1.52. The molecule has 5 rings (SSSR count). The van der Waals surface area contributed by atoms with Gasteiger partial charge in [0.05, 0.1) is 45.5 Å². The molecule has 0 spiro atoms. The van der Waals surface area contributed by atoms with Crippen LogP contribution < -0.4 is 15.0 Å². The quantitative estimate of drug-likeness (QED) is 0.389. The number of rotatable bonds is 6. The summed E-state index contributed by atoms with van der Waals surface area (Å²) in [7, 11) is -0.0731. The molecule has 0 aliphatic carbocycles. The van der Waals surface area contributed by atoms with Crippen LogP contribution in [0.3, 0.4) is 0 Å². The molecule has 0 unspecified atom stereocenters. The van der Waals surface area contributed by atoms with E-state index in [9.17, 15) is 18.2 Å². The molecule has 8 heteroatoms. The Hall–Kier alpha value is -4.30. The smallest absolute Gasteiger partial charge is 0.259 e. The van der Waals surface area contributed by atoms with E-state index in [0.29, 0.717) is 37.9 Å². The Morgan fingerprint density at radius 2 is 1.68 bits per heavy atom. The molecule has 0 radical (unpaired) electrons. The minimum atomic E-state index is -1.64. The average molecular weight is 515 g/mol. The number of amides is 2. The Kier molecular flexibility index (Phi) is 6.83. The SMILES string of the molecule is COc1ccccc1CNC(=O)c1ccc2c(c1)N(Cc1ccc(F)cc1)C(=O)c1ccccc1[S@@]2=O. The molecular formula is C29H23FN2O4S. The van der Waals surface area contributed by atoms with Crippen molar-refractivity contribution in [3.63, 3.8) is 0 Å². The number of carbonyl (C=O) groups is 2. The lowest BCUT2D eigenvalue weighted by molar-refractivity contribution is 0.0947. The third-order valence-electron chi connectivity index (χ3n) is 6.16. The standard InChI is InChI=1S/C29H23FN2O4S/c1-36-25-8-4-2-6-21(25)17-31-28(33)20-12-15-27-24(16-20)32(18-19-10-13-22(30)14-11-19)29(34)23-7-3-5-9-26(23)37(27)35/h2-16H,17-18H2,1H3,(H,31,33)/t37-/m0/s1. The van der Waals surface area contributed by atoms with Gasteiger partial charge in [0.15, 0.2) is 0 Å². The van der Waals surface area contributed by atoms with Gasteiger partial charge in [0, 0.05) is 17.7 Å². The molecule has 37 heavy (non-hydrogen) atoms. The van der Waals surface area contributed by atoms with Crippen molar-refractivity contribution >= 4 is 28.3 Å². The number of halogens is 1. The van der Waals surface area contributed by atoms with E-state index in [1.807, 2.05) is 24.3 Å². The Morgan fingerprint density at radius 1 is 0.946 bits per heavy atom. The first-order chi connectivity index (χ1) is 18.0. The fraction of sp³-hybridized carbons (Fsp3) is 0.103. The number of carbonyl (C=O) groups excluding carboxylic acids is 2. The molecule has 0 saturated carbocycles. The first kappa shape index (κ1) is 24.4. The second-order valence-electron chi connectivity index (χ2n) is 8.46. The minimum absolute atomic E-state index is 0.115. The van der Waals surface area contributed by atoms with E-state index in [0.717, 1.165) is 5.56 Å². The molecule has 4 aromatic carbocycles. The Morgan fingerprint density at radius 3 is 2.46 bits per heavy atom. The molecular weight excluding hydrogens is 491 g/mol. The molecule has 4 aromatic rings. The Labute approximate surface area is 216 Å². The highest BCUT2D eigenvalue weighted by molar-refractivity contribution is 7.85. The zero-order chi connectivity index (χ0) is 25.9. The monoisotopic (exact) mass is 514 g/mol. The summed E-state index contributed by atoms with van der Waals surface area (Å²) in [6.45, 7) is 0.361. The topological polar surface area (TPSA) is 75.7 Å². The van der Waals surface area contributed by atoms with Crippen molar-refractivity contribution < 1.29 is 22.9 Å². The van der Waals surface area contributed by atoms with Gasteiger partial charge in [-0.25, -0.2) is 8.60 Å². The number of nitrogens with zero attached hydrogens (tertiary/aromatic N) is 1. The summed E-state index contributed by atoms with van der Waals surface area (Å²) in [6, 6.07) is 24.8. The molecule has 186 valence electrons. The normalized spacial score (nSPS) is 14.4. The summed E-state index contributed by atoms with van der Waals surface area (Å²) in [5.41, 5.74) is 2.51. The Bertz CT molecular complexity index is 1520. The highest BCUT2D eigenvalue weighted by atomic mass is 32.2. The summed E-state index contributed by atoms with van der Waals surface area (Å²) in [4.78, 5) is 29.1. The minimum Gasteiger partial charge on any atom is -0.496 e. The molecule has 1 N–H and O–H groups in total. The number of benzene rings is 4. The highest BCUT2D eigenvalue weighted by Crippen LogP contribution is 2.36. The third-order valence-corrected chi connectivity index (χ3v) is 7.66. The number of hydrogen-bond donors (Lipinski definition) is 1. The number of fused-ring (bicyclic) bond motifs is 2. The summed E-state index contributed by atoms with van der Waals surface area (Å²) < 4.78 is 32.4. The summed E-state index contributed by atoms with van der Waals surface area (Å²) >= 11 is 0. The number of methoxy groups -OCH3 is 1. The van der Waals surface area contributed by atoms with Gasteiger partial charge in [0.25, 0.3) is 11.8 Å². The predicted octanol–water partition coefficient (Wildman–Crippen LogP) is 5.09. The molecule has 1 atom stereocenters. The lowest BCUT2D eigenvalue weighted by Gasteiger charge is -2.23.